The molecule has 0 aliphatic carbocycles. The van der Waals surface area contributed by atoms with Crippen LogP contribution in [-0.2, 0) is 6.54 Å². The summed E-state index contributed by atoms with van der Waals surface area (Å²) >= 11 is 0. The van der Waals surface area contributed by atoms with Gasteiger partial charge in [0.05, 0.1) is 12.7 Å². The summed E-state index contributed by atoms with van der Waals surface area (Å²) in [6.07, 6.45) is 1.60. The van der Waals surface area contributed by atoms with E-state index >= 15 is 0 Å². The van der Waals surface area contributed by atoms with Crippen molar-refractivity contribution < 1.29 is 19.0 Å². The van der Waals surface area contributed by atoms with E-state index in [-0.39, 0.29) is 5.56 Å². The van der Waals surface area contributed by atoms with Crippen molar-refractivity contribution in [2.45, 2.75) is 6.54 Å². The third-order valence-electron chi connectivity index (χ3n) is 2.70. The Morgan fingerprint density at radius 1 is 1.40 bits per heavy atom. The number of carboxylic acids is 1. The van der Waals surface area contributed by atoms with Gasteiger partial charge in [0.15, 0.2) is 0 Å². The molecule has 1 heterocycles. The summed E-state index contributed by atoms with van der Waals surface area (Å²) in [6.45, 7) is 0.380. The molecule has 6 heteroatoms. The summed E-state index contributed by atoms with van der Waals surface area (Å²) in [5.74, 6) is -1.29. The largest absolute Gasteiger partial charge is 0.481 e. The van der Waals surface area contributed by atoms with Gasteiger partial charge in [0.2, 0.25) is 5.88 Å². The summed E-state index contributed by atoms with van der Waals surface area (Å²) in [5.41, 5.74) is 1.12. The van der Waals surface area contributed by atoms with Gasteiger partial charge in [-0.05, 0) is 29.8 Å². The number of halogens is 1. The molecule has 0 aliphatic heterocycles. The van der Waals surface area contributed by atoms with Crippen molar-refractivity contribution in [2.75, 3.05) is 12.4 Å². The van der Waals surface area contributed by atoms with Crippen LogP contribution in [0.3, 0.4) is 0 Å². The van der Waals surface area contributed by atoms with Gasteiger partial charge in [0, 0.05) is 24.5 Å². The fourth-order valence-electron chi connectivity index (χ4n) is 1.72. The maximum atomic E-state index is 13.1. The minimum atomic E-state index is -1.18. The minimum absolute atomic E-state index is 0.106. The van der Waals surface area contributed by atoms with Gasteiger partial charge >= 0.3 is 5.97 Å². The third kappa shape index (κ3) is 3.23. The number of nitrogens with zero attached hydrogens (tertiary/aromatic N) is 1. The average Bonchev–Trinajstić information content (AvgIpc) is 2.46. The molecule has 0 bridgehead atoms. The molecule has 20 heavy (non-hydrogen) atoms. The van der Waals surface area contributed by atoms with E-state index in [0.29, 0.717) is 18.1 Å². The second-order valence-electron chi connectivity index (χ2n) is 4.06. The summed E-state index contributed by atoms with van der Waals surface area (Å²) in [5, 5.41) is 12.0. The standard InChI is InChI=1S/C14H13FN2O3/c1-20-13-6-9(4-5-16-13)8-17-12-3-2-10(15)7-11(12)14(18)19/h2-7,17H,8H2,1H3,(H,18,19). The van der Waals surface area contributed by atoms with Crippen LogP contribution in [0.15, 0.2) is 36.5 Å². The number of nitrogens with one attached hydrogen (secondary N) is 1. The van der Waals surface area contributed by atoms with Crippen molar-refractivity contribution in [1.29, 1.82) is 0 Å². The van der Waals surface area contributed by atoms with E-state index in [2.05, 4.69) is 10.3 Å². The fraction of sp³-hybridized carbons (Fsp3) is 0.143. The molecule has 2 rings (SSSR count). The number of anilines is 1. The lowest BCUT2D eigenvalue weighted by Gasteiger charge is -2.10. The predicted molar refractivity (Wildman–Crippen MR) is 71.5 cm³/mol. The maximum absolute atomic E-state index is 13.1. The molecule has 0 amide bonds. The smallest absolute Gasteiger partial charge is 0.337 e. The fourth-order valence-corrected chi connectivity index (χ4v) is 1.72. The Bertz CT molecular complexity index is 632. The Kier molecular flexibility index (Phi) is 4.14. The van der Waals surface area contributed by atoms with Crippen molar-refractivity contribution in [3.8, 4) is 5.88 Å². The van der Waals surface area contributed by atoms with Crippen LogP contribution in [0.4, 0.5) is 10.1 Å². The second kappa shape index (κ2) is 6.01. The van der Waals surface area contributed by atoms with E-state index in [1.54, 1.807) is 18.3 Å². The van der Waals surface area contributed by atoms with Crippen LogP contribution in [0.2, 0.25) is 0 Å². The molecule has 0 unspecified atom stereocenters. The number of methoxy groups -OCH3 is 1. The summed E-state index contributed by atoms with van der Waals surface area (Å²) in [4.78, 5) is 15.0. The monoisotopic (exact) mass is 276 g/mol. The van der Waals surface area contributed by atoms with E-state index in [1.165, 1.54) is 19.2 Å². The number of ether oxygens (including phenoxy) is 1. The van der Waals surface area contributed by atoms with Crippen LogP contribution in [0.5, 0.6) is 5.88 Å². The Morgan fingerprint density at radius 3 is 2.90 bits per heavy atom. The van der Waals surface area contributed by atoms with Crippen molar-refractivity contribution in [2.24, 2.45) is 0 Å². The number of aromatic nitrogens is 1. The molecule has 2 N–H and O–H groups in total. The van der Waals surface area contributed by atoms with E-state index in [4.69, 9.17) is 9.84 Å². The number of hydrogen-bond donors (Lipinski definition) is 2. The lowest BCUT2D eigenvalue weighted by Crippen LogP contribution is -2.07. The van der Waals surface area contributed by atoms with Gasteiger partial charge in [0.1, 0.15) is 5.82 Å². The lowest BCUT2D eigenvalue weighted by molar-refractivity contribution is 0.0697. The number of hydrogen-bond acceptors (Lipinski definition) is 4. The molecular weight excluding hydrogens is 263 g/mol. The first kappa shape index (κ1) is 13.8. The van der Waals surface area contributed by atoms with Crippen molar-refractivity contribution in [3.05, 3.63) is 53.5 Å². The normalized spacial score (nSPS) is 10.1. The van der Waals surface area contributed by atoms with Crippen LogP contribution < -0.4 is 10.1 Å². The number of aromatic carboxylic acids is 1. The molecule has 0 atom stereocenters. The highest BCUT2D eigenvalue weighted by Crippen LogP contribution is 2.18. The van der Waals surface area contributed by atoms with E-state index < -0.39 is 11.8 Å². The Labute approximate surface area is 115 Å². The van der Waals surface area contributed by atoms with Crippen LogP contribution in [-0.4, -0.2) is 23.2 Å². The van der Waals surface area contributed by atoms with Gasteiger partial charge < -0.3 is 15.2 Å². The van der Waals surface area contributed by atoms with E-state index in [1.807, 2.05) is 0 Å². The van der Waals surface area contributed by atoms with Crippen molar-refractivity contribution in [1.82, 2.24) is 4.98 Å². The van der Waals surface area contributed by atoms with E-state index in [0.717, 1.165) is 11.6 Å². The van der Waals surface area contributed by atoms with Crippen LogP contribution in [0.1, 0.15) is 15.9 Å². The molecule has 0 aliphatic rings. The number of carbonyl (C=O) groups is 1. The van der Waals surface area contributed by atoms with Gasteiger partial charge in [-0.3, -0.25) is 0 Å². The summed E-state index contributed by atoms with van der Waals surface area (Å²) in [7, 11) is 1.52. The topological polar surface area (TPSA) is 71.5 Å². The molecule has 0 saturated heterocycles. The molecule has 1 aromatic heterocycles. The van der Waals surface area contributed by atoms with Gasteiger partial charge in [-0.1, -0.05) is 0 Å². The molecule has 2 aromatic rings. The van der Waals surface area contributed by atoms with Gasteiger partial charge in [-0.15, -0.1) is 0 Å². The third-order valence-corrected chi connectivity index (χ3v) is 2.70. The number of carboxylic acid groups (broad SMARTS) is 1. The first-order chi connectivity index (χ1) is 9.60. The Hall–Kier alpha value is -2.63. The van der Waals surface area contributed by atoms with Crippen LogP contribution in [0, 0.1) is 5.82 Å². The van der Waals surface area contributed by atoms with Crippen LogP contribution in [0.25, 0.3) is 0 Å². The highest BCUT2D eigenvalue weighted by molar-refractivity contribution is 5.94. The van der Waals surface area contributed by atoms with Gasteiger partial charge in [-0.2, -0.15) is 0 Å². The molecule has 104 valence electrons. The lowest BCUT2D eigenvalue weighted by atomic mass is 10.1. The zero-order chi connectivity index (χ0) is 14.5. The average molecular weight is 276 g/mol. The molecule has 0 saturated carbocycles. The zero-order valence-electron chi connectivity index (χ0n) is 10.8. The Balaban J connectivity index is 2.16. The van der Waals surface area contributed by atoms with Gasteiger partial charge in [0.25, 0.3) is 0 Å². The zero-order valence-corrected chi connectivity index (χ0v) is 10.8. The number of benzene rings is 1. The maximum Gasteiger partial charge on any atom is 0.337 e. The summed E-state index contributed by atoms with van der Waals surface area (Å²) < 4.78 is 18.1. The highest BCUT2D eigenvalue weighted by Gasteiger charge is 2.11. The predicted octanol–water partition coefficient (Wildman–Crippen LogP) is 2.54. The van der Waals surface area contributed by atoms with Crippen molar-refractivity contribution in [3.63, 3.8) is 0 Å². The molecule has 0 spiro atoms. The molecule has 0 radical (unpaired) electrons. The second-order valence-corrected chi connectivity index (χ2v) is 4.06. The van der Waals surface area contributed by atoms with Crippen molar-refractivity contribution >= 4 is 11.7 Å². The summed E-state index contributed by atoms with van der Waals surface area (Å²) in [6, 6.07) is 7.10. The Morgan fingerprint density at radius 2 is 2.20 bits per heavy atom. The quantitative estimate of drug-likeness (QED) is 0.878. The first-order valence-electron chi connectivity index (χ1n) is 5.86. The van der Waals surface area contributed by atoms with Gasteiger partial charge in [-0.25, -0.2) is 14.2 Å². The molecule has 0 fully saturated rings. The molecule has 1 aromatic carbocycles. The minimum Gasteiger partial charge on any atom is -0.481 e. The molecular formula is C14H13FN2O3. The molecule has 5 nitrogen and oxygen atoms in total. The van der Waals surface area contributed by atoms with E-state index in [9.17, 15) is 9.18 Å². The number of rotatable bonds is 5. The first-order valence-corrected chi connectivity index (χ1v) is 5.86. The number of pyridine rings is 1. The van der Waals surface area contributed by atoms with Crippen LogP contribution >= 0.6 is 0 Å². The SMILES string of the molecule is COc1cc(CNc2ccc(F)cc2C(=O)O)ccn1. The highest BCUT2D eigenvalue weighted by atomic mass is 19.1.